The first kappa shape index (κ1) is 18.1. The number of methoxy groups -OCH3 is 1. The fourth-order valence-electron chi connectivity index (χ4n) is 2.86. The van der Waals surface area contributed by atoms with Crippen LogP contribution in [0.1, 0.15) is 35.3 Å². The van der Waals surface area contributed by atoms with Gasteiger partial charge in [-0.15, -0.1) is 0 Å². The molecule has 0 aliphatic carbocycles. The third kappa shape index (κ3) is 3.99. The van der Waals surface area contributed by atoms with E-state index in [9.17, 15) is 9.59 Å². The molecule has 2 rings (SSSR count). The number of ether oxygens (including phenoxy) is 1. The Morgan fingerprint density at radius 1 is 1.04 bits per heavy atom. The van der Waals surface area contributed by atoms with E-state index < -0.39 is 0 Å². The van der Waals surface area contributed by atoms with Crippen LogP contribution in [0, 0.1) is 13.8 Å². The summed E-state index contributed by atoms with van der Waals surface area (Å²) in [4.78, 5) is 28.4. The van der Waals surface area contributed by atoms with E-state index in [2.05, 4.69) is 5.32 Å². The maximum absolute atomic E-state index is 12.8. The van der Waals surface area contributed by atoms with E-state index >= 15 is 0 Å². The van der Waals surface area contributed by atoms with Gasteiger partial charge in [-0.2, -0.15) is 0 Å². The van der Waals surface area contributed by atoms with Crippen LogP contribution in [0.2, 0.25) is 0 Å². The average Bonchev–Trinajstić information content (AvgIpc) is 2.55. The third-order valence-electron chi connectivity index (χ3n) is 4.24. The molecular formula is C18H27N3O3. The minimum Gasteiger partial charge on any atom is -0.496 e. The average molecular weight is 333 g/mol. The molecule has 0 spiro atoms. The van der Waals surface area contributed by atoms with Crippen LogP contribution < -0.4 is 10.1 Å². The number of aryl methyl sites for hydroxylation is 2. The van der Waals surface area contributed by atoms with Gasteiger partial charge in [0.25, 0.3) is 5.91 Å². The van der Waals surface area contributed by atoms with Gasteiger partial charge in [-0.3, -0.25) is 4.79 Å². The summed E-state index contributed by atoms with van der Waals surface area (Å²) in [7, 11) is 1.63. The number of carbonyl (C=O) groups excluding carboxylic acids is 2. The highest BCUT2D eigenvalue weighted by molar-refractivity contribution is 5.96. The van der Waals surface area contributed by atoms with Crippen LogP contribution in [0.25, 0.3) is 0 Å². The van der Waals surface area contributed by atoms with Crippen LogP contribution in [-0.2, 0) is 0 Å². The smallest absolute Gasteiger partial charge is 0.317 e. The summed E-state index contributed by atoms with van der Waals surface area (Å²) in [6, 6.07) is 3.83. The van der Waals surface area contributed by atoms with Gasteiger partial charge in [0.1, 0.15) is 5.75 Å². The molecule has 6 nitrogen and oxygen atoms in total. The fourth-order valence-corrected chi connectivity index (χ4v) is 2.86. The zero-order valence-corrected chi connectivity index (χ0v) is 15.2. The van der Waals surface area contributed by atoms with Crippen LogP contribution >= 0.6 is 0 Å². The predicted molar refractivity (Wildman–Crippen MR) is 93.6 cm³/mol. The SMILES string of the molecule is COc1cc(C)c(C(=O)N2CCN(C(=O)NC(C)C)CC2)cc1C. The zero-order chi connectivity index (χ0) is 17.9. The molecule has 0 atom stereocenters. The number of rotatable bonds is 3. The molecule has 6 heteroatoms. The molecular weight excluding hydrogens is 306 g/mol. The van der Waals surface area contributed by atoms with Gasteiger partial charge >= 0.3 is 6.03 Å². The van der Waals surface area contributed by atoms with Crippen molar-refractivity contribution in [2.24, 2.45) is 0 Å². The number of urea groups is 1. The molecule has 24 heavy (non-hydrogen) atoms. The van der Waals surface area contributed by atoms with Crippen molar-refractivity contribution in [3.63, 3.8) is 0 Å². The molecule has 3 amide bonds. The summed E-state index contributed by atoms with van der Waals surface area (Å²) in [6.45, 7) is 9.93. The van der Waals surface area contributed by atoms with Gasteiger partial charge in [0, 0.05) is 37.8 Å². The first-order valence-electron chi connectivity index (χ1n) is 8.33. The van der Waals surface area contributed by atoms with Crippen LogP contribution in [0.3, 0.4) is 0 Å². The molecule has 1 saturated heterocycles. The van der Waals surface area contributed by atoms with Crippen LogP contribution in [0.4, 0.5) is 4.79 Å². The number of benzene rings is 1. The Balaban J connectivity index is 2.03. The van der Waals surface area contributed by atoms with Crippen LogP contribution in [-0.4, -0.2) is 61.1 Å². The molecule has 0 aromatic heterocycles. The van der Waals surface area contributed by atoms with Crippen molar-refractivity contribution in [2.75, 3.05) is 33.3 Å². The largest absolute Gasteiger partial charge is 0.496 e. The summed E-state index contributed by atoms with van der Waals surface area (Å²) < 4.78 is 5.30. The quantitative estimate of drug-likeness (QED) is 0.922. The van der Waals surface area contributed by atoms with Crippen molar-refractivity contribution >= 4 is 11.9 Å². The van der Waals surface area contributed by atoms with Crippen LogP contribution in [0.15, 0.2) is 12.1 Å². The Labute approximate surface area is 143 Å². The van der Waals surface area contributed by atoms with E-state index in [-0.39, 0.29) is 18.0 Å². The van der Waals surface area contributed by atoms with E-state index in [0.717, 1.165) is 16.9 Å². The van der Waals surface area contributed by atoms with Crippen molar-refractivity contribution in [2.45, 2.75) is 33.7 Å². The van der Waals surface area contributed by atoms with Crippen molar-refractivity contribution < 1.29 is 14.3 Å². The lowest BCUT2D eigenvalue weighted by molar-refractivity contribution is 0.0663. The normalized spacial score (nSPS) is 14.8. The van der Waals surface area contributed by atoms with Gasteiger partial charge in [-0.1, -0.05) is 0 Å². The highest BCUT2D eigenvalue weighted by atomic mass is 16.5. The number of hydrogen-bond acceptors (Lipinski definition) is 3. The zero-order valence-electron chi connectivity index (χ0n) is 15.2. The topological polar surface area (TPSA) is 61.9 Å². The molecule has 0 saturated carbocycles. The first-order valence-corrected chi connectivity index (χ1v) is 8.33. The Hall–Kier alpha value is -2.24. The second-order valence-corrected chi connectivity index (χ2v) is 6.52. The predicted octanol–water partition coefficient (Wildman–Crippen LogP) is 2.19. The fraction of sp³-hybridized carbons (Fsp3) is 0.556. The Morgan fingerprint density at radius 3 is 2.17 bits per heavy atom. The standard InChI is InChI=1S/C18H27N3O3/c1-12(2)19-18(23)21-8-6-20(7-9-21)17(22)15-10-14(4)16(24-5)11-13(15)3/h10-12H,6-9H2,1-5H3,(H,19,23). The number of carbonyl (C=O) groups is 2. The highest BCUT2D eigenvalue weighted by Crippen LogP contribution is 2.23. The summed E-state index contributed by atoms with van der Waals surface area (Å²) in [5.74, 6) is 0.807. The number of nitrogens with one attached hydrogen (secondary N) is 1. The van der Waals surface area contributed by atoms with Gasteiger partial charge in [0.2, 0.25) is 0 Å². The molecule has 1 aliphatic rings. The molecule has 1 aromatic carbocycles. The summed E-state index contributed by atoms with van der Waals surface area (Å²) in [5.41, 5.74) is 2.55. The van der Waals surface area contributed by atoms with E-state index in [4.69, 9.17) is 4.74 Å². The highest BCUT2D eigenvalue weighted by Gasteiger charge is 2.26. The maximum atomic E-state index is 12.8. The number of hydrogen-bond donors (Lipinski definition) is 1. The Morgan fingerprint density at radius 2 is 1.62 bits per heavy atom. The van der Waals surface area contributed by atoms with Crippen LogP contribution in [0.5, 0.6) is 5.75 Å². The first-order chi connectivity index (χ1) is 11.3. The molecule has 1 aliphatic heterocycles. The third-order valence-corrected chi connectivity index (χ3v) is 4.24. The molecule has 132 valence electrons. The van der Waals surface area contributed by atoms with E-state index in [1.165, 1.54) is 0 Å². The molecule has 0 unspecified atom stereocenters. The number of amides is 3. The number of nitrogens with zero attached hydrogens (tertiary/aromatic N) is 2. The van der Waals surface area contributed by atoms with Gasteiger partial charge in [-0.05, 0) is 51.0 Å². The summed E-state index contributed by atoms with van der Waals surface area (Å²) in [6.07, 6.45) is 0. The van der Waals surface area contributed by atoms with Crippen molar-refractivity contribution in [1.82, 2.24) is 15.1 Å². The number of piperazine rings is 1. The molecule has 0 bridgehead atoms. The Bertz CT molecular complexity index is 620. The maximum Gasteiger partial charge on any atom is 0.317 e. The molecule has 1 aromatic rings. The van der Waals surface area contributed by atoms with E-state index in [1.807, 2.05) is 44.7 Å². The van der Waals surface area contributed by atoms with E-state index in [1.54, 1.807) is 12.0 Å². The Kier molecular flexibility index (Phi) is 5.70. The minimum atomic E-state index is -0.0615. The second kappa shape index (κ2) is 7.55. The van der Waals surface area contributed by atoms with E-state index in [0.29, 0.717) is 31.7 Å². The molecule has 1 fully saturated rings. The van der Waals surface area contributed by atoms with Crippen molar-refractivity contribution in [3.8, 4) is 5.75 Å². The molecule has 0 radical (unpaired) electrons. The molecule has 1 N–H and O–H groups in total. The summed E-state index contributed by atoms with van der Waals surface area (Å²) >= 11 is 0. The van der Waals surface area contributed by atoms with Crippen molar-refractivity contribution in [3.05, 3.63) is 28.8 Å². The lowest BCUT2D eigenvalue weighted by atomic mass is 10.0. The van der Waals surface area contributed by atoms with Gasteiger partial charge < -0.3 is 19.9 Å². The van der Waals surface area contributed by atoms with Gasteiger partial charge in [-0.25, -0.2) is 4.79 Å². The lowest BCUT2D eigenvalue weighted by Crippen LogP contribution is -2.54. The summed E-state index contributed by atoms with van der Waals surface area (Å²) in [5, 5.41) is 2.89. The minimum absolute atomic E-state index is 0.0159. The second-order valence-electron chi connectivity index (χ2n) is 6.52. The molecule has 1 heterocycles. The monoisotopic (exact) mass is 333 g/mol. The van der Waals surface area contributed by atoms with Gasteiger partial charge in [0.05, 0.1) is 7.11 Å². The van der Waals surface area contributed by atoms with Gasteiger partial charge in [0.15, 0.2) is 0 Å². The lowest BCUT2D eigenvalue weighted by Gasteiger charge is -2.35. The van der Waals surface area contributed by atoms with Crippen molar-refractivity contribution in [1.29, 1.82) is 0 Å².